The third kappa shape index (κ3) is 13.4. The number of unbranched alkanes of at least 4 members (excludes halogenated alkanes) is 4. The van der Waals surface area contributed by atoms with Gasteiger partial charge in [-0.25, -0.2) is 4.79 Å². The number of nitrogens with two attached hydrogens (primary N) is 2. The Kier molecular flexibility index (Phi) is 11.9. The monoisotopic (exact) mass is 344 g/mol. The van der Waals surface area contributed by atoms with E-state index in [1.165, 1.54) is 0 Å². The van der Waals surface area contributed by atoms with Gasteiger partial charge >= 0.3 is 11.9 Å². The van der Waals surface area contributed by atoms with Crippen LogP contribution in [0.3, 0.4) is 0 Å². The number of nitrogens with zero attached hydrogens (tertiary/aromatic N) is 1. The summed E-state index contributed by atoms with van der Waals surface area (Å²) in [5.41, 5.74) is 10.4. The van der Waals surface area contributed by atoms with Crippen molar-refractivity contribution in [2.45, 2.75) is 63.8 Å². The summed E-state index contributed by atoms with van der Waals surface area (Å²) in [7, 11) is 0. The average molecular weight is 344 g/mol. The molecule has 0 spiro atoms. The summed E-state index contributed by atoms with van der Waals surface area (Å²) in [6.07, 6.45) is 4.92. The number of aliphatic imine (C=N–C) groups is 1. The number of carbonyl (C=O) groups is 3. The maximum absolute atomic E-state index is 11.8. The van der Waals surface area contributed by atoms with E-state index >= 15 is 0 Å². The molecule has 0 heterocycles. The molecule has 1 unspecified atom stereocenters. The van der Waals surface area contributed by atoms with Crippen LogP contribution in [0.4, 0.5) is 0 Å². The summed E-state index contributed by atoms with van der Waals surface area (Å²) in [5, 5.41) is 20.1. The molecule has 1 amide bonds. The first-order valence-electron chi connectivity index (χ1n) is 8.12. The van der Waals surface area contributed by atoms with Crippen molar-refractivity contribution in [2.75, 3.05) is 6.54 Å². The summed E-state index contributed by atoms with van der Waals surface area (Å²) in [4.78, 5) is 37.0. The van der Waals surface area contributed by atoms with Crippen molar-refractivity contribution in [1.29, 1.82) is 0 Å². The molecule has 0 aliphatic carbocycles. The summed E-state index contributed by atoms with van der Waals surface area (Å²) in [6, 6.07) is -0.942. The second-order valence-electron chi connectivity index (χ2n) is 5.57. The fourth-order valence-corrected chi connectivity index (χ4v) is 2.12. The highest BCUT2D eigenvalue weighted by Crippen LogP contribution is 2.08. The third-order valence-corrected chi connectivity index (χ3v) is 3.37. The lowest BCUT2D eigenvalue weighted by atomic mass is 10.1. The molecule has 0 saturated carbocycles. The van der Waals surface area contributed by atoms with Gasteiger partial charge in [-0.3, -0.25) is 14.6 Å². The molecule has 0 bridgehead atoms. The Bertz CT molecular complexity index is 436. The van der Waals surface area contributed by atoms with Gasteiger partial charge in [-0.15, -0.1) is 0 Å². The molecule has 9 nitrogen and oxygen atoms in total. The molecule has 0 fully saturated rings. The molecule has 0 saturated heterocycles. The maximum atomic E-state index is 11.8. The Morgan fingerprint density at radius 3 is 2.04 bits per heavy atom. The van der Waals surface area contributed by atoms with E-state index in [-0.39, 0.29) is 31.1 Å². The number of carbonyl (C=O) groups excluding carboxylic acids is 1. The van der Waals surface area contributed by atoms with Crippen LogP contribution in [0.2, 0.25) is 0 Å². The highest BCUT2D eigenvalue weighted by Gasteiger charge is 2.18. The average Bonchev–Trinajstić information content (AvgIpc) is 2.48. The molecule has 0 aromatic carbocycles. The largest absolute Gasteiger partial charge is 0.481 e. The van der Waals surface area contributed by atoms with Gasteiger partial charge in [0, 0.05) is 19.4 Å². The van der Waals surface area contributed by atoms with Crippen molar-refractivity contribution in [2.24, 2.45) is 16.5 Å². The first-order valence-corrected chi connectivity index (χ1v) is 8.12. The van der Waals surface area contributed by atoms with Crippen molar-refractivity contribution in [1.82, 2.24) is 5.32 Å². The van der Waals surface area contributed by atoms with Crippen molar-refractivity contribution in [3.63, 3.8) is 0 Å². The Labute approximate surface area is 141 Å². The SMILES string of the molecule is NC(N)=NCCCC(NC(=O)CCCCCCCC(=O)O)C(=O)O. The van der Waals surface area contributed by atoms with Gasteiger partial charge in [-0.05, 0) is 25.7 Å². The lowest BCUT2D eigenvalue weighted by molar-refractivity contribution is -0.142. The highest BCUT2D eigenvalue weighted by atomic mass is 16.4. The van der Waals surface area contributed by atoms with Crippen LogP contribution < -0.4 is 16.8 Å². The van der Waals surface area contributed by atoms with Crippen LogP contribution >= 0.6 is 0 Å². The molecule has 9 heteroatoms. The molecule has 0 aromatic heterocycles. The standard InChI is InChI=1S/C15H28N4O5/c16-15(17)18-10-6-7-11(14(23)24)19-12(20)8-4-2-1-3-5-9-13(21)22/h11H,1-10H2,(H,19,20)(H,21,22)(H,23,24)(H4,16,17,18). The summed E-state index contributed by atoms with van der Waals surface area (Å²) >= 11 is 0. The topological polar surface area (TPSA) is 168 Å². The highest BCUT2D eigenvalue weighted by molar-refractivity contribution is 5.83. The molecular formula is C15H28N4O5. The zero-order valence-electron chi connectivity index (χ0n) is 13.9. The van der Waals surface area contributed by atoms with Crippen LogP contribution in [0.5, 0.6) is 0 Å². The lowest BCUT2D eigenvalue weighted by Crippen LogP contribution is -2.40. The van der Waals surface area contributed by atoms with E-state index in [0.29, 0.717) is 25.8 Å². The minimum absolute atomic E-state index is 0.0470. The lowest BCUT2D eigenvalue weighted by Gasteiger charge is -2.14. The van der Waals surface area contributed by atoms with E-state index in [1.807, 2.05) is 0 Å². The Hall–Kier alpha value is -2.32. The minimum atomic E-state index is -1.08. The smallest absolute Gasteiger partial charge is 0.326 e. The fourth-order valence-electron chi connectivity index (χ4n) is 2.12. The van der Waals surface area contributed by atoms with Crippen molar-refractivity contribution in [3.8, 4) is 0 Å². The molecule has 0 aliphatic rings. The van der Waals surface area contributed by atoms with Gasteiger partial charge in [-0.1, -0.05) is 19.3 Å². The zero-order chi connectivity index (χ0) is 18.4. The molecule has 7 N–H and O–H groups in total. The Morgan fingerprint density at radius 1 is 0.917 bits per heavy atom. The summed E-state index contributed by atoms with van der Waals surface area (Å²) in [5.74, 6) is -2.22. The Balaban J connectivity index is 3.85. The molecule has 138 valence electrons. The number of carboxylic acids is 2. The van der Waals surface area contributed by atoms with Crippen molar-refractivity contribution < 1.29 is 24.6 Å². The van der Waals surface area contributed by atoms with E-state index in [9.17, 15) is 14.4 Å². The molecule has 0 radical (unpaired) electrons. The van der Waals surface area contributed by atoms with Crippen LogP contribution in [0.25, 0.3) is 0 Å². The van der Waals surface area contributed by atoms with Crippen molar-refractivity contribution in [3.05, 3.63) is 0 Å². The van der Waals surface area contributed by atoms with E-state index < -0.39 is 18.0 Å². The molecule has 0 rings (SSSR count). The van der Waals surface area contributed by atoms with Crippen molar-refractivity contribution >= 4 is 23.8 Å². The minimum Gasteiger partial charge on any atom is -0.481 e. The summed E-state index contributed by atoms with van der Waals surface area (Å²) < 4.78 is 0. The van der Waals surface area contributed by atoms with Gasteiger partial charge < -0.3 is 27.0 Å². The van der Waals surface area contributed by atoms with Crippen LogP contribution in [-0.4, -0.2) is 46.6 Å². The van der Waals surface area contributed by atoms with Crippen LogP contribution in [-0.2, 0) is 14.4 Å². The van der Waals surface area contributed by atoms with Gasteiger partial charge in [0.2, 0.25) is 5.91 Å². The molecule has 0 aromatic rings. The van der Waals surface area contributed by atoms with E-state index in [1.54, 1.807) is 0 Å². The van der Waals surface area contributed by atoms with Gasteiger partial charge in [0.05, 0.1) is 0 Å². The number of amides is 1. The first-order chi connectivity index (χ1) is 11.3. The number of rotatable bonds is 14. The first kappa shape index (κ1) is 21.7. The predicted molar refractivity (Wildman–Crippen MR) is 89.4 cm³/mol. The normalized spacial score (nSPS) is 11.5. The Morgan fingerprint density at radius 2 is 1.50 bits per heavy atom. The number of guanidine groups is 1. The zero-order valence-corrected chi connectivity index (χ0v) is 13.9. The second-order valence-corrected chi connectivity index (χ2v) is 5.57. The molecule has 1 atom stereocenters. The number of nitrogens with one attached hydrogen (secondary N) is 1. The van der Waals surface area contributed by atoms with Gasteiger partial charge in [0.1, 0.15) is 6.04 Å². The van der Waals surface area contributed by atoms with E-state index in [0.717, 1.165) is 19.3 Å². The molecule has 0 aliphatic heterocycles. The van der Waals surface area contributed by atoms with Gasteiger partial charge in [0.25, 0.3) is 0 Å². The number of hydrogen-bond acceptors (Lipinski definition) is 4. The second kappa shape index (κ2) is 13.1. The quantitative estimate of drug-likeness (QED) is 0.173. The maximum Gasteiger partial charge on any atom is 0.326 e. The number of aliphatic carboxylic acids is 2. The fraction of sp³-hybridized carbons (Fsp3) is 0.733. The van der Waals surface area contributed by atoms with Crippen LogP contribution in [0, 0.1) is 0 Å². The van der Waals surface area contributed by atoms with Gasteiger partial charge in [0.15, 0.2) is 5.96 Å². The predicted octanol–water partition coefficient (Wildman–Crippen LogP) is 0.425. The molecule has 24 heavy (non-hydrogen) atoms. The number of carboxylic acid groups (broad SMARTS) is 2. The van der Waals surface area contributed by atoms with Gasteiger partial charge in [-0.2, -0.15) is 0 Å². The van der Waals surface area contributed by atoms with Crippen LogP contribution in [0.1, 0.15) is 57.8 Å². The van der Waals surface area contributed by atoms with Crippen LogP contribution in [0.15, 0.2) is 4.99 Å². The summed E-state index contributed by atoms with van der Waals surface area (Å²) in [6.45, 7) is 0.318. The third-order valence-electron chi connectivity index (χ3n) is 3.37. The van der Waals surface area contributed by atoms with E-state index in [4.69, 9.17) is 21.7 Å². The van der Waals surface area contributed by atoms with E-state index in [2.05, 4.69) is 10.3 Å². The molecular weight excluding hydrogens is 316 g/mol. The number of hydrogen-bond donors (Lipinski definition) is 5.